The predicted octanol–water partition coefficient (Wildman–Crippen LogP) is 1.10. The van der Waals surface area contributed by atoms with Gasteiger partial charge in [-0.1, -0.05) is 12.1 Å². The Labute approximate surface area is 141 Å². The van der Waals surface area contributed by atoms with Crippen LogP contribution in [0, 0.1) is 0 Å². The highest BCUT2D eigenvalue weighted by Crippen LogP contribution is 2.21. The molecule has 1 N–H and O–H groups in total. The Morgan fingerprint density at radius 2 is 2.12 bits per heavy atom. The van der Waals surface area contributed by atoms with E-state index >= 15 is 0 Å². The minimum Gasteiger partial charge on any atom is -0.347 e. The van der Waals surface area contributed by atoms with E-state index in [0.717, 1.165) is 29.7 Å². The highest BCUT2D eigenvalue weighted by Gasteiger charge is 2.36. The number of carbonyl (C=O) groups is 1. The van der Waals surface area contributed by atoms with E-state index in [4.69, 9.17) is 0 Å². The Morgan fingerprint density at radius 3 is 2.83 bits per heavy atom. The summed E-state index contributed by atoms with van der Waals surface area (Å²) in [5.41, 5.74) is 1.92. The third-order valence-corrected chi connectivity index (χ3v) is 5.69. The van der Waals surface area contributed by atoms with E-state index in [1.165, 1.54) is 4.31 Å². The number of nitrogens with one attached hydrogen (secondary N) is 1. The van der Waals surface area contributed by atoms with Gasteiger partial charge in [-0.25, -0.2) is 13.4 Å². The van der Waals surface area contributed by atoms with Gasteiger partial charge in [-0.3, -0.25) is 4.79 Å². The van der Waals surface area contributed by atoms with Gasteiger partial charge in [-0.15, -0.1) is 0 Å². The van der Waals surface area contributed by atoms with E-state index in [-0.39, 0.29) is 12.5 Å². The highest BCUT2D eigenvalue weighted by atomic mass is 32.2. The summed E-state index contributed by atoms with van der Waals surface area (Å²) in [5, 5.41) is 2.85. The van der Waals surface area contributed by atoms with E-state index in [1.54, 1.807) is 0 Å². The first-order valence-corrected chi connectivity index (χ1v) is 9.95. The number of carbonyl (C=O) groups excluding carboxylic acids is 1. The Balaban J connectivity index is 1.75. The van der Waals surface area contributed by atoms with Crippen molar-refractivity contribution in [2.45, 2.75) is 38.9 Å². The molecule has 1 amide bonds. The van der Waals surface area contributed by atoms with Crippen molar-refractivity contribution in [3.05, 3.63) is 30.1 Å². The maximum absolute atomic E-state index is 12.4. The zero-order valence-corrected chi connectivity index (χ0v) is 14.7. The molecule has 0 saturated carbocycles. The molecule has 3 rings (SSSR count). The second-order valence-electron chi connectivity index (χ2n) is 6.01. The lowest BCUT2D eigenvalue weighted by molar-refractivity contribution is -0.124. The van der Waals surface area contributed by atoms with Crippen LogP contribution in [0.5, 0.6) is 0 Å². The van der Waals surface area contributed by atoms with E-state index in [1.807, 2.05) is 31.2 Å². The first-order valence-electron chi connectivity index (χ1n) is 8.10. The Hall–Kier alpha value is -1.93. The third-order valence-electron chi connectivity index (χ3n) is 4.40. The molecular formula is C16H22N4O3S. The van der Waals surface area contributed by atoms with Crippen LogP contribution in [0.1, 0.15) is 25.6 Å². The minimum absolute atomic E-state index is 0.257. The molecule has 7 nitrogen and oxygen atoms in total. The molecule has 8 heteroatoms. The number of rotatable bonds is 5. The number of hydrogen-bond acceptors (Lipinski definition) is 4. The van der Waals surface area contributed by atoms with E-state index in [9.17, 15) is 13.2 Å². The van der Waals surface area contributed by atoms with Crippen LogP contribution < -0.4 is 5.32 Å². The van der Waals surface area contributed by atoms with Crippen molar-refractivity contribution < 1.29 is 13.2 Å². The average molecular weight is 350 g/mol. The van der Waals surface area contributed by atoms with Crippen LogP contribution in [-0.2, 0) is 27.9 Å². The second-order valence-corrected chi connectivity index (χ2v) is 7.95. The van der Waals surface area contributed by atoms with Crippen molar-refractivity contribution in [3.8, 4) is 0 Å². The number of sulfonamides is 1. The minimum atomic E-state index is -3.36. The molecule has 0 aliphatic carbocycles. The van der Waals surface area contributed by atoms with Gasteiger partial charge >= 0.3 is 0 Å². The Kier molecular flexibility index (Phi) is 4.60. The SMILES string of the molecule is CCn1c(CNC(=O)C2CCCN2S(C)(=O)=O)nc2ccccc21. The van der Waals surface area contributed by atoms with Crippen LogP contribution >= 0.6 is 0 Å². The summed E-state index contributed by atoms with van der Waals surface area (Å²) in [6.45, 7) is 3.48. The molecule has 2 aromatic rings. The van der Waals surface area contributed by atoms with Gasteiger partial charge in [0.1, 0.15) is 11.9 Å². The largest absolute Gasteiger partial charge is 0.347 e. The van der Waals surface area contributed by atoms with Gasteiger partial charge < -0.3 is 9.88 Å². The summed E-state index contributed by atoms with van der Waals surface area (Å²) in [6, 6.07) is 7.22. The number of amides is 1. The fourth-order valence-electron chi connectivity index (χ4n) is 3.30. The zero-order valence-electron chi connectivity index (χ0n) is 13.9. The number of benzene rings is 1. The molecule has 0 radical (unpaired) electrons. The fourth-order valence-corrected chi connectivity index (χ4v) is 4.42. The van der Waals surface area contributed by atoms with Crippen LogP contribution in [-0.4, -0.2) is 47.0 Å². The van der Waals surface area contributed by atoms with Gasteiger partial charge in [0.2, 0.25) is 15.9 Å². The van der Waals surface area contributed by atoms with Gasteiger partial charge in [0, 0.05) is 13.1 Å². The van der Waals surface area contributed by atoms with Crippen LogP contribution in [0.3, 0.4) is 0 Å². The predicted molar refractivity (Wildman–Crippen MR) is 91.8 cm³/mol. The molecule has 1 saturated heterocycles. The quantitative estimate of drug-likeness (QED) is 0.875. The smallest absolute Gasteiger partial charge is 0.238 e. The van der Waals surface area contributed by atoms with Crippen molar-refractivity contribution in [2.75, 3.05) is 12.8 Å². The molecule has 1 aliphatic heterocycles. The van der Waals surface area contributed by atoms with E-state index < -0.39 is 16.1 Å². The number of fused-ring (bicyclic) bond motifs is 1. The summed E-state index contributed by atoms with van der Waals surface area (Å²) < 4.78 is 26.9. The molecule has 0 bridgehead atoms. The first kappa shape index (κ1) is 16.9. The Bertz CT molecular complexity index is 859. The average Bonchev–Trinajstić information content (AvgIpc) is 3.16. The van der Waals surface area contributed by atoms with Crippen molar-refractivity contribution in [1.82, 2.24) is 19.2 Å². The van der Waals surface area contributed by atoms with Crippen molar-refractivity contribution in [2.24, 2.45) is 0 Å². The lowest BCUT2D eigenvalue weighted by atomic mass is 10.2. The number of aryl methyl sites for hydroxylation is 1. The van der Waals surface area contributed by atoms with Crippen molar-refractivity contribution in [1.29, 1.82) is 0 Å². The molecule has 1 atom stereocenters. The number of nitrogens with zero attached hydrogens (tertiary/aromatic N) is 3. The topological polar surface area (TPSA) is 84.3 Å². The Morgan fingerprint density at radius 1 is 1.38 bits per heavy atom. The summed E-state index contributed by atoms with van der Waals surface area (Å²) >= 11 is 0. The van der Waals surface area contributed by atoms with Crippen LogP contribution in [0.4, 0.5) is 0 Å². The summed E-state index contributed by atoms with van der Waals surface area (Å²) in [4.78, 5) is 17.0. The molecule has 130 valence electrons. The maximum Gasteiger partial charge on any atom is 0.238 e. The van der Waals surface area contributed by atoms with Gasteiger partial charge in [-0.05, 0) is 31.9 Å². The molecule has 0 spiro atoms. The normalized spacial score (nSPS) is 19.0. The molecular weight excluding hydrogens is 328 g/mol. The highest BCUT2D eigenvalue weighted by molar-refractivity contribution is 7.88. The number of imidazole rings is 1. The van der Waals surface area contributed by atoms with Gasteiger partial charge in [0.25, 0.3) is 0 Å². The van der Waals surface area contributed by atoms with Crippen molar-refractivity contribution in [3.63, 3.8) is 0 Å². The van der Waals surface area contributed by atoms with Gasteiger partial charge in [-0.2, -0.15) is 4.31 Å². The molecule has 1 fully saturated rings. The first-order chi connectivity index (χ1) is 11.4. The molecule has 1 aliphatic rings. The van der Waals surface area contributed by atoms with Gasteiger partial charge in [0.05, 0.1) is 23.8 Å². The molecule has 24 heavy (non-hydrogen) atoms. The number of para-hydroxylation sites is 2. The van der Waals surface area contributed by atoms with E-state index in [2.05, 4.69) is 14.9 Å². The number of hydrogen-bond donors (Lipinski definition) is 1. The molecule has 1 unspecified atom stereocenters. The van der Waals surface area contributed by atoms with Crippen molar-refractivity contribution >= 4 is 27.0 Å². The number of aromatic nitrogens is 2. The standard InChI is InChI=1S/C16H22N4O3S/c1-3-19-13-8-5-4-7-12(13)18-15(19)11-17-16(21)14-9-6-10-20(14)24(2,22)23/h4-5,7-8,14H,3,6,9-11H2,1-2H3,(H,17,21). The van der Waals surface area contributed by atoms with Gasteiger partial charge in [0.15, 0.2) is 0 Å². The zero-order chi connectivity index (χ0) is 17.3. The molecule has 1 aromatic carbocycles. The van der Waals surface area contributed by atoms with Crippen LogP contribution in [0.2, 0.25) is 0 Å². The maximum atomic E-state index is 12.4. The third kappa shape index (κ3) is 3.16. The summed E-state index contributed by atoms with van der Waals surface area (Å²) in [7, 11) is -3.36. The summed E-state index contributed by atoms with van der Waals surface area (Å²) in [5.74, 6) is 0.517. The lowest BCUT2D eigenvalue weighted by Gasteiger charge is -2.21. The van der Waals surface area contributed by atoms with E-state index in [0.29, 0.717) is 19.4 Å². The molecule has 1 aromatic heterocycles. The fraction of sp³-hybridized carbons (Fsp3) is 0.500. The second kappa shape index (κ2) is 6.52. The lowest BCUT2D eigenvalue weighted by Crippen LogP contribution is -2.45. The van der Waals surface area contributed by atoms with Crippen LogP contribution in [0.25, 0.3) is 11.0 Å². The monoisotopic (exact) mass is 350 g/mol. The molecule has 2 heterocycles. The summed E-state index contributed by atoms with van der Waals surface area (Å²) in [6.07, 6.45) is 2.41. The van der Waals surface area contributed by atoms with Crippen LogP contribution in [0.15, 0.2) is 24.3 Å².